The molecule has 1 aromatic heterocycles. The standard InChI is InChI=1S/C11H10N2O3/c1-7-6-9-8(11(14)12(7)2)4-3-5-10(9)13(15)16/h3-6H,1-2H3. The maximum absolute atomic E-state index is 11.9. The number of benzene rings is 1. The summed E-state index contributed by atoms with van der Waals surface area (Å²) in [5.41, 5.74) is 0.462. The monoisotopic (exact) mass is 218 g/mol. The summed E-state index contributed by atoms with van der Waals surface area (Å²) in [4.78, 5) is 22.2. The van der Waals surface area contributed by atoms with E-state index in [1.54, 1.807) is 26.1 Å². The van der Waals surface area contributed by atoms with Crippen molar-refractivity contribution in [3.8, 4) is 0 Å². The molecule has 1 heterocycles. The summed E-state index contributed by atoms with van der Waals surface area (Å²) >= 11 is 0. The van der Waals surface area contributed by atoms with Gasteiger partial charge in [0.15, 0.2) is 0 Å². The molecule has 0 unspecified atom stereocenters. The lowest BCUT2D eigenvalue weighted by Crippen LogP contribution is -2.18. The van der Waals surface area contributed by atoms with E-state index in [0.29, 0.717) is 16.5 Å². The predicted octanol–water partition coefficient (Wildman–Crippen LogP) is 1.76. The number of hydrogen-bond donors (Lipinski definition) is 0. The van der Waals surface area contributed by atoms with Gasteiger partial charge in [-0.25, -0.2) is 0 Å². The fourth-order valence-corrected chi connectivity index (χ4v) is 1.70. The molecule has 16 heavy (non-hydrogen) atoms. The van der Waals surface area contributed by atoms with Gasteiger partial charge in [-0.15, -0.1) is 0 Å². The molecule has 0 aliphatic heterocycles. The third kappa shape index (κ3) is 1.37. The van der Waals surface area contributed by atoms with Crippen LogP contribution in [0.25, 0.3) is 10.8 Å². The molecule has 0 bridgehead atoms. The van der Waals surface area contributed by atoms with Crippen molar-refractivity contribution in [2.45, 2.75) is 6.92 Å². The number of non-ortho nitro benzene ring substituents is 1. The average molecular weight is 218 g/mol. The molecule has 2 rings (SSSR count). The Balaban J connectivity index is 3.01. The van der Waals surface area contributed by atoms with Gasteiger partial charge in [0.1, 0.15) is 0 Å². The van der Waals surface area contributed by atoms with Crippen molar-refractivity contribution in [1.29, 1.82) is 0 Å². The Hall–Kier alpha value is -2.17. The number of pyridine rings is 1. The minimum atomic E-state index is -0.471. The van der Waals surface area contributed by atoms with Crippen LogP contribution in [-0.4, -0.2) is 9.49 Å². The number of aryl methyl sites for hydroxylation is 1. The van der Waals surface area contributed by atoms with E-state index in [9.17, 15) is 14.9 Å². The third-order valence-corrected chi connectivity index (χ3v) is 2.70. The zero-order valence-electron chi connectivity index (χ0n) is 8.93. The van der Waals surface area contributed by atoms with Crippen molar-refractivity contribution in [2.75, 3.05) is 0 Å². The van der Waals surface area contributed by atoms with E-state index >= 15 is 0 Å². The van der Waals surface area contributed by atoms with Gasteiger partial charge in [0.25, 0.3) is 11.2 Å². The molecule has 82 valence electrons. The van der Waals surface area contributed by atoms with Crippen LogP contribution in [0.4, 0.5) is 5.69 Å². The SMILES string of the molecule is Cc1cc2c([N+](=O)[O-])cccc2c(=O)n1C. The lowest BCUT2D eigenvalue weighted by atomic mass is 10.1. The van der Waals surface area contributed by atoms with Crippen LogP contribution < -0.4 is 5.56 Å². The maximum atomic E-state index is 11.9. The first-order chi connectivity index (χ1) is 7.52. The summed E-state index contributed by atoms with van der Waals surface area (Å²) in [5, 5.41) is 11.6. The Kier molecular flexibility index (Phi) is 2.23. The van der Waals surface area contributed by atoms with Crippen molar-refractivity contribution >= 4 is 16.5 Å². The number of aromatic nitrogens is 1. The van der Waals surface area contributed by atoms with Gasteiger partial charge < -0.3 is 4.57 Å². The molecule has 5 heteroatoms. The van der Waals surface area contributed by atoms with E-state index in [2.05, 4.69) is 0 Å². The van der Waals surface area contributed by atoms with E-state index in [1.807, 2.05) is 0 Å². The van der Waals surface area contributed by atoms with Crippen LogP contribution >= 0.6 is 0 Å². The van der Waals surface area contributed by atoms with Crippen LogP contribution in [0.1, 0.15) is 5.69 Å². The van der Waals surface area contributed by atoms with Gasteiger partial charge in [-0.2, -0.15) is 0 Å². The molecule has 0 aliphatic rings. The molecule has 1 aromatic carbocycles. The highest BCUT2D eigenvalue weighted by Gasteiger charge is 2.14. The van der Waals surface area contributed by atoms with Gasteiger partial charge in [0, 0.05) is 18.8 Å². The zero-order chi connectivity index (χ0) is 11.9. The molecule has 0 saturated heterocycles. The van der Waals surface area contributed by atoms with Gasteiger partial charge in [0.05, 0.1) is 15.7 Å². The maximum Gasteiger partial charge on any atom is 0.277 e. The fraction of sp³-hybridized carbons (Fsp3) is 0.182. The van der Waals surface area contributed by atoms with Gasteiger partial charge in [0.2, 0.25) is 0 Å². The molecule has 5 nitrogen and oxygen atoms in total. The van der Waals surface area contributed by atoms with Crippen molar-refractivity contribution in [3.63, 3.8) is 0 Å². The summed E-state index contributed by atoms with van der Waals surface area (Å²) in [6, 6.07) is 6.19. The topological polar surface area (TPSA) is 65.1 Å². The number of hydrogen-bond acceptors (Lipinski definition) is 3. The van der Waals surface area contributed by atoms with Crippen LogP contribution in [0, 0.1) is 17.0 Å². The minimum Gasteiger partial charge on any atom is -0.315 e. The number of nitro benzene ring substituents is 1. The molecule has 0 radical (unpaired) electrons. The molecule has 0 saturated carbocycles. The highest BCUT2D eigenvalue weighted by atomic mass is 16.6. The second kappa shape index (κ2) is 3.44. The van der Waals surface area contributed by atoms with Crippen LogP contribution in [0.15, 0.2) is 29.1 Å². The number of nitro groups is 1. The molecule has 0 spiro atoms. The second-order valence-electron chi connectivity index (χ2n) is 3.65. The first kappa shape index (κ1) is 10.4. The predicted molar refractivity (Wildman–Crippen MR) is 60.6 cm³/mol. The van der Waals surface area contributed by atoms with E-state index in [0.717, 1.165) is 0 Å². The Bertz CT molecular complexity index is 643. The summed E-state index contributed by atoms with van der Waals surface area (Å²) in [7, 11) is 1.65. The van der Waals surface area contributed by atoms with Gasteiger partial charge in [-0.1, -0.05) is 6.07 Å². The van der Waals surface area contributed by atoms with E-state index in [-0.39, 0.29) is 11.2 Å². The molecule has 0 amide bonds. The van der Waals surface area contributed by atoms with Crippen LogP contribution in [0.2, 0.25) is 0 Å². The normalized spacial score (nSPS) is 10.6. The number of fused-ring (bicyclic) bond motifs is 1. The van der Waals surface area contributed by atoms with Crippen LogP contribution in [0.5, 0.6) is 0 Å². The molecule has 0 N–H and O–H groups in total. The smallest absolute Gasteiger partial charge is 0.277 e. The summed E-state index contributed by atoms with van der Waals surface area (Å²) in [6.45, 7) is 1.75. The van der Waals surface area contributed by atoms with E-state index in [4.69, 9.17) is 0 Å². The first-order valence-electron chi connectivity index (χ1n) is 4.76. The average Bonchev–Trinajstić information content (AvgIpc) is 2.25. The first-order valence-corrected chi connectivity index (χ1v) is 4.76. The number of nitrogens with zero attached hydrogens (tertiary/aromatic N) is 2. The summed E-state index contributed by atoms with van der Waals surface area (Å²) < 4.78 is 1.48. The highest BCUT2D eigenvalue weighted by molar-refractivity contribution is 5.90. The zero-order valence-corrected chi connectivity index (χ0v) is 8.93. The lowest BCUT2D eigenvalue weighted by molar-refractivity contribution is -0.383. The van der Waals surface area contributed by atoms with Crippen LogP contribution in [-0.2, 0) is 7.05 Å². The minimum absolute atomic E-state index is 0.0294. The molecule has 2 aromatic rings. The third-order valence-electron chi connectivity index (χ3n) is 2.70. The van der Waals surface area contributed by atoms with Gasteiger partial charge in [-0.3, -0.25) is 14.9 Å². The van der Waals surface area contributed by atoms with Gasteiger partial charge >= 0.3 is 0 Å². The van der Waals surface area contributed by atoms with Gasteiger partial charge in [-0.05, 0) is 19.1 Å². The van der Waals surface area contributed by atoms with Crippen LogP contribution in [0.3, 0.4) is 0 Å². The van der Waals surface area contributed by atoms with Crippen molar-refractivity contribution in [1.82, 2.24) is 4.57 Å². The molecule has 0 aliphatic carbocycles. The largest absolute Gasteiger partial charge is 0.315 e. The quantitative estimate of drug-likeness (QED) is 0.541. The molecular weight excluding hydrogens is 208 g/mol. The van der Waals surface area contributed by atoms with Crippen molar-refractivity contribution < 1.29 is 4.92 Å². The van der Waals surface area contributed by atoms with Crippen molar-refractivity contribution in [3.05, 3.63) is 50.4 Å². The summed E-state index contributed by atoms with van der Waals surface area (Å²) in [5.74, 6) is 0. The Morgan fingerprint density at radius 2 is 2.00 bits per heavy atom. The molecule has 0 atom stereocenters. The lowest BCUT2D eigenvalue weighted by Gasteiger charge is -2.05. The van der Waals surface area contributed by atoms with Crippen molar-refractivity contribution in [2.24, 2.45) is 7.05 Å². The molecule has 0 fully saturated rings. The Labute approximate surface area is 91.1 Å². The second-order valence-corrected chi connectivity index (χ2v) is 3.65. The number of rotatable bonds is 1. The van der Waals surface area contributed by atoms with E-state index in [1.165, 1.54) is 16.7 Å². The highest BCUT2D eigenvalue weighted by Crippen LogP contribution is 2.23. The fourth-order valence-electron chi connectivity index (χ4n) is 1.70. The Morgan fingerprint density at radius 3 is 2.62 bits per heavy atom. The van der Waals surface area contributed by atoms with E-state index < -0.39 is 4.92 Å². The Morgan fingerprint density at radius 1 is 1.31 bits per heavy atom. The molecular formula is C11H10N2O3. The summed E-state index contributed by atoms with van der Waals surface area (Å²) in [6.07, 6.45) is 0.